The molecule has 0 spiro atoms. The first-order chi connectivity index (χ1) is 12.2. The predicted octanol–water partition coefficient (Wildman–Crippen LogP) is 1.95. The summed E-state index contributed by atoms with van der Waals surface area (Å²) in [5.74, 6) is -0.179. The summed E-state index contributed by atoms with van der Waals surface area (Å²) < 4.78 is 1.63. The van der Waals surface area contributed by atoms with Crippen LogP contribution >= 0.6 is 0 Å². The summed E-state index contributed by atoms with van der Waals surface area (Å²) in [6, 6.07) is 14.6. The van der Waals surface area contributed by atoms with Gasteiger partial charge in [-0.3, -0.25) is 4.79 Å². The maximum absolute atomic E-state index is 12.3. The van der Waals surface area contributed by atoms with Crippen LogP contribution in [0.25, 0.3) is 5.69 Å². The summed E-state index contributed by atoms with van der Waals surface area (Å²) in [6.45, 7) is 0.656. The van der Waals surface area contributed by atoms with E-state index in [0.29, 0.717) is 17.8 Å². The molecule has 0 aliphatic carbocycles. The number of amides is 1. The lowest BCUT2D eigenvalue weighted by atomic mass is 10.2. The second-order valence-corrected chi connectivity index (χ2v) is 5.54. The first-order valence-corrected chi connectivity index (χ1v) is 7.87. The van der Waals surface area contributed by atoms with Gasteiger partial charge >= 0.3 is 0 Å². The molecule has 7 heteroatoms. The number of rotatable bonds is 6. The van der Waals surface area contributed by atoms with E-state index in [2.05, 4.69) is 15.6 Å². The molecular weight excluding hydrogens is 318 g/mol. The fourth-order valence-corrected chi connectivity index (χ4v) is 2.39. The van der Waals surface area contributed by atoms with Crippen molar-refractivity contribution in [2.45, 2.75) is 0 Å². The van der Waals surface area contributed by atoms with Crippen molar-refractivity contribution >= 4 is 17.3 Å². The molecule has 1 heterocycles. The van der Waals surface area contributed by atoms with E-state index in [0.717, 1.165) is 11.4 Å². The summed E-state index contributed by atoms with van der Waals surface area (Å²) in [7, 11) is 1.90. The number of hydrogen-bond donors (Lipinski definition) is 2. The third kappa shape index (κ3) is 4.02. The standard InChI is InChI=1S/C18H19N5O2/c1-22(12-13-24)16-8-4-15(5-9-16)20-18(25)14-2-6-17(7-3-14)23-11-10-19-21-23/h2-11,24H,12-13H2,1H3,(H,20,25). The van der Waals surface area contributed by atoms with E-state index in [-0.39, 0.29) is 12.5 Å². The van der Waals surface area contributed by atoms with E-state index in [1.807, 2.05) is 48.3 Å². The van der Waals surface area contributed by atoms with Gasteiger partial charge in [-0.1, -0.05) is 5.21 Å². The van der Waals surface area contributed by atoms with Crippen LogP contribution in [0, 0.1) is 0 Å². The topological polar surface area (TPSA) is 83.3 Å². The number of anilines is 2. The van der Waals surface area contributed by atoms with Gasteiger partial charge in [0.1, 0.15) is 0 Å². The number of likely N-dealkylation sites (N-methyl/N-ethyl adjacent to an activating group) is 1. The van der Waals surface area contributed by atoms with Gasteiger partial charge in [0.2, 0.25) is 0 Å². The zero-order valence-corrected chi connectivity index (χ0v) is 13.8. The van der Waals surface area contributed by atoms with Crippen molar-refractivity contribution in [2.75, 3.05) is 30.4 Å². The van der Waals surface area contributed by atoms with Crippen LogP contribution in [0.15, 0.2) is 60.9 Å². The number of benzene rings is 2. The molecule has 7 nitrogen and oxygen atoms in total. The number of nitrogens with one attached hydrogen (secondary N) is 1. The van der Waals surface area contributed by atoms with Crippen LogP contribution in [0.4, 0.5) is 11.4 Å². The van der Waals surface area contributed by atoms with Crippen molar-refractivity contribution < 1.29 is 9.90 Å². The van der Waals surface area contributed by atoms with Crippen molar-refractivity contribution in [3.8, 4) is 5.69 Å². The molecule has 0 bridgehead atoms. The SMILES string of the molecule is CN(CCO)c1ccc(NC(=O)c2ccc(-n3ccnn3)cc2)cc1. The second-order valence-electron chi connectivity index (χ2n) is 5.54. The molecular formula is C18H19N5O2. The highest BCUT2D eigenvalue weighted by Crippen LogP contribution is 2.17. The van der Waals surface area contributed by atoms with Crippen LogP contribution in [0.1, 0.15) is 10.4 Å². The molecule has 0 fully saturated rings. The zero-order valence-electron chi connectivity index (χ0n) is 13.8. The molecule has 25 heavy (non-hydrogen) atoms. The first kappa shape index (κ1) is 16.7. The molecule has 0 aliphatic heterocycles. The lowest BCUT2D eigenvalue weighted by Crippen LogP contribution is -2.21. The molecule has 1 aromatic heterocycles. The molecule has 2 N–H and O–H groups in total. The summed E-state index contributed by atoms with van der Waals surface area (Å²) >= 11 is 0. The Balaban J connectivity index is 1.65. The maximum Gasteiger partial charge on any atom is 0.255 e. The number of hydrogen-bond acceptors (Lipinski definition) is 5. The molecule has 0 atom stereocenters. The van der Waals surface area contributed by atoms with E-state index in [9.17, 15) is 4.79 Å². The van der Waals surface area contributed by atoms with Crippen molar-refractivity contribution in [2.24, 2.45) is 0 Å². The Labute approximate surface area is 145 Å². The van der Waals surface area contributed by atoms with E-state index < -0.39 is 0 Å². The van der Waals surface area contributed by atoms with Crippen LogP contribution in [-0.2, 0) is 0 Å². The van der Waals surface area contributed by atoms with Gasteiger partial charge in [-0.05, 0) is 48.5 Å². The van der Waals surface area contributed by atoms with Crippen molar-refractivity contribution in [1.82, 2.24) is 15.0 Å². The molecule has 0 saturated heterocycles. The molecule has 3 aromatic rings. The summed E-state index contributed by atoms with van der Waals surface area (Å²) in [4.78, 5) is 14.3. The summed E-state index contributed by atoms with van der Waals surface area (Å²) in [6.07, 6.45) is 3.34. The van der Waals surface area contributed by atoms with Gasteiger partial charge in [0.25, 0.3) is 5.91 Å². The number of aliphatic hydroxyl groups is 1. The van der Waals surface area contributed by atoms with Crippen LogP contribution < -0.4 is 10.2 Å². The largest absolute Gasteiger partial charge is 0.395 e. The van der Waals surface area contributed by atoms with Crippen LogP contribution in [0.3, 0.4) is 0 Å². The molecule has 3 rings (SSSR count). The third-order valence-electron chi connectivity index (χ3n) is 3.82. The minimum atomic E-state index is -0.179. The second kappa shape index (κ2) is 7.59. The maximum atomic E-state index is 12.3. The molecule has 0 unspecified atom stereocenters. The average Bonchev–Trinajstić information content (AvgIpc) is 3.17. The number of carbonyl (C=O) groups excluding carboxylic acids is 1. The lowest BCUT2D eigenvalue weighted by Gasteiger charge is -2.18. The molecule has 128 valence electrons. The van der Waals surface area contributed by atoms with E-state index in [1.165, 1.54) is 0 Å². The highest BCUT2D eigenvalue weighted by molar-refractivity contribution is 6.04. The fraction of sp³-hybridized carbons (Fsp3) is 0.167. The number of carbonyl (C=O) groups is 1. The van der Waals surface area contributed by atoms with Gasteiger partial charge in [-0.15, -0.1) is 5.10 Å². The Kier molecular flexibility index (Phi) is 5.06. The minimum Gasteiger partial charge on any atom is -0.395 e. The Morgan fingerprint density at radius 2 is 1.88 bits per heavy atom. The van der Waals surface area contributed by atoms with E-state index >= 15 is 0 Å². The smallest absolute Gasteiger partial charge is 0.255 e. The zero-order chi connectivity index (χ0) is 17.6. The Morgan fingerprint density at radius 1 is 1.16 bits per heavy atom. The van der Waals surface area contributed by atoms with Crippen LogP contribution in [0.5, 0.6) is 0 Å². The van der Waals surface area contributed by atoms with E-state index in [4.69, 9.17) is 5.11 Å². The monoisotopic (exact) mass is 337 g/mol. The number of aliphatic hydroxyl groups excluding tert-OH is 1. The highest BCUT2D eigenvalue weighted by atomic mass is 16.3. The minimum absolute atomic E-state index is 0.0968. The Bertz CT molecular complexity index is 814. The fourth-order valence-electron chi connectivity index (χ4n) is 2.39. The Morgan fingerprint density at radius 3 is 2.48 bits per heavy atom. The van der Waals surface area contributed by atoms with Gasteiger partial charge in [0.15, 0.2) is 0 Å². The van der Waals surface area contributed by atoms with Crippen molar-refractivity contribution in [1.29, 1.82) is 0 Å². The van der Waals surface area contributed by atoms with Gasteiger partial charge in [0, 0.05) is 30.5 Å². The van der Waals surface area contributed by atoms with Crippen molar-refractivity contribution in [3.05, 3.63) is 66.5 Å². The van der Waals surface area contributed by atoms with Gasteiger partial charge in [0.05, 0.1) is 24.7 Å². The van der Waals surface area contributed by atoms with Gasteiger partial charge < -0.3 is 15.3 Å². The van der Waals surface area contributed by atoms with Crippen molar-refractivity contribution in [3.63, 3.8) is 0 Å². The number of nitrogens with zero attached hydrogens (tertiary/aromatic N) is 4. The first-order valence-electron chi connectivity index (χ1n) is 7.87. The predicted molar refractivity (Wildman–Crippen MR) is 96.1 cm³/mol. The van der Waals surface area contributed by atoms with Crippen LogP contribution in [-0.4, -0.2) is 46.2 Å². The number of aromatic nitrogens is 3. The molecule has 0 radical (unpaired) electrons. The summed E-state index contributed by atoms with van der Waals surface area (Å²) in [5, 5.41) is 19.5. The highest BCUT2D eigenvalue weighted by Gasteiger charge is 2.07. The van der Waals surface area contributed by atoms with Gasteiger partial charge in [-0.2, -0.15) is 0 Å². The summed E-state index contributed by atoms with van der Waals surface area (Å²) in [5.41, 5.74) is 3.09. The molecule has 2 aromatic carbocycles. The molecule has 0 saturated carbocycles. The van der Waals surface area contributed by atoms with E-state index in [1.54, 1.807) is 29.2 Å². The van der Waals surface area contributed by atoms with Crippen LogP contribution in [0.2, 0.25) is 0 Å². The normalized spacial score (nSPS) is 10.5. The average molecular weight is 337 g/mol. The Hall–Kier alpha value is -3.19. The quantitative estimate of drug-likeness (QED) is 0.718. The molecule has 1 amide bonds. The molecule has 0 aliphatic rings. The third-order valence-corrected chi connectivity index (χ3v) is 3.82. The lowest BCUT2D eigenvalue weighted by molar-refractivity contribution is 0.102. The van der Waals surface area contributed by atoms with Gasteiger partial charge in [-0.25, -0.2) is 4.68 Å².